The van der Waals surface area contributed by atoms with Crippen LogP contribution in [0.5, 0.6) is 11.5 Å². The summed E-state index contributed by atoms with van der Waals surface area (Å²) >= 11 is 0. The average molecular weight is 266 g/mol. The third-order valence-corrected chi connectivity index (χ3v) is 2.99. The van der Waals surface area contributed by atoms with E-state index in [1.165, 1.54) is 0 Å². The van der Waals surface area contributed by atoms with Gasteiger partial charge in [-0.1, -0.05) is 0 Å². The molecular formula is C14H22N2O3. The second-order valence-electron chi connectivity index (χ2n) is 4.84. The minimum atomic E-state index is -0.216. The molecule has 5 heteroatoms. The predicted octanol–water partition coefficient (Wildman–Crippen LogP) is 2.17. The van der Waals surface area contributed by atoms with Gasteiger partial charge in [-0.15, -0.1) is 0 Å². The van der Waals surface area contributed by atoms with Gasteiger partial charge in [0.2, 0.25) is 0 Å². The van der Waals surface area contributed by atoms with E-state index in [-0.39, 0.29) is 11.4 Å². The maximum atomic E-state index is 7.39. The molecule has 0 aliphatic carbocycles. The normalized spacial score (nSPS) is 11.2. The van der Waals surface area contributed by atoms with E-state index >= 15 is 0 Å². The molecule has 1 aromatic rings. The average Bonchev–Trinajstić information content (AvgIpc) is 2.38. The molecule has 1 aromatic carbocycles. The van der Waals surface area contributed by atoms with E-state index in [2.05, 4.69) is 0 Å². The summed E-state index contributed by atoms with van der Waals surface area (Å²) in [6, 6.07) is 5.19. The Balaban J connectivity index is 2.71. The van der Waals surface area contributed by atoms with Crippen molar-refractivity contribution in [3.05, 3.63) is 23.8 Å². The number of hydrogen-bond acceptors (Lipinski definition) is 4. The number of nitrogens with two attached hydrogens (primary N) is 1. The molecule has 0 radical (unpaired) electrons. The highest BCUT2D eigenvalue weighted by Gasteiger charge is 2.16. The van der Waals surface area contributed by atoms with E-state index in [0.717, 1.165) is 6.42 Å². The van der Waals surface area contributed by atoms with Crippen LogP contribution in [-0.4, -0.2) is 32.3 Å². The van der Waals surface area contributed by atoms with Gasteiger partial charge in [0, 0.05) is 19.1 Å². The summed E-state index contributed by atoms with van der Waals surface area (Å²) in [7, 11) is 3.24. The van der Waals surface area contributed by atoms with E-state index in [9.17, 15) is 0 Å². The summed E-state index contributed by atoms with van der Waals surface area (Å²) in [6.45, 7) is 4.54. The van der Waals surface area contributed by atoms with E-state index in [1.54, 1.807) is 32.4 Å². The van der Waals surface area contributed by atoms with Gasteiger partial charge in [0.05, 0.1) is 19.3 Å². The highest BCUT2D eigenvalue weighted by molar-refractivity contribution is 5.95. The lowest BCUT2D eigenvalue weighted by atomic mass is 10.1. The molecule has 0 aliphatic rings. The van der Waals surface area contributed by atoms with Crippen LogP contribution in [0.25, 0.3) is 0 Å². The van der Waals surface area contributed by atoms with Gasteiger partial charge >= 0.3 is 0 Å². The molecule has 19 heavy (non-hydrogen) atoms. The number of methoxy groups -OCH3 is 2. The third kappa shape index (κ3) is 4.44. The molecule has 0 heterocycles. The van der Waals surface area contributed by atoms with Crippen molar-refractivity contribution in [3.8, 4) is 11.5 Å². The van der Waals surface area contributed by atoms with Crippen molar-refractivity contribution in [3.63, 3.8) is 0 Å². The summed E-state index contributed by atoms with van der Waals surface area (Å²) in [6.07, 6.45) is 0.765. The molecule has 0 fully saturated rings. The molecular weight excluding hydrogens is 244 g/mol. The fourth-order valence-electron chi connectivity index (χ4n) is 1.46. The first-order valence-corrected chi connectivity index (χ1v) is 6.10. The summed E-state index contributed by atoms with van der Waals surface area (Å²) < 4.78 is 16.2. The molecule has 0 amide bonds. The lowest BCUT2D eigenvalue weighted by molar-refractivity contribution is 0.00525. The number of rotatable bonds is 7. The smallest absolute Gasteiger partial charge is 0.161 e. The van der Waals surface area contributed by atoms with Crippen molar-refractivity contribution < 1.29 is 14.2 Å². The topological polar surface area (TPSA) is 77.6 Å². The Morgan fingerprint density at radius 2 is 1.95 bits per heavy atom. The van der Waals surface area contributed by atoms with Crippen LogP contribution in [0.3, 0.4) is 0 Å². The molecule has 5 nitrogen and oxygen atoms in total. The summed E-state index contributed by atoms with van der Waals surface area (Å²) in [5, 5.41) is 7.39. The number of benzene rings is 1. The highest BCUT2D eigenvalue weighted by atomic mass is 16.5. The number of amidine groups is 1. The second kappa shape index (κ2) is 6.43. The molecule has 0 aliphatic heterocycles. The maximum absolute atomic E-state index is 7.39. The monoisotopic (exact) mass is 266 g/mol. The van der Waals surface area contributed by atoms with Crippen LogP contribution in [0.2, 0.25) is 0 Å². The molecule has 0 saturated heterocycles. The standard InChI is InChI=1S/C14H22N2O3/c1-14(2,18-4)7-8-19-11-6-5-10(13(15)16)9-12(11)17-3/h5-6,9H,7-8H2,1-4H3,(H3,15,16). The zero-order chi connectivity index (χ0) is 14.5. The molecule has 0 spiro atoms. The fourth-order valence-corrected chi connectivity index (χ4v) is 1.46. The molecule has 0 unspecified atom stereocenters. The second-order valence-corrected chi connectivity index (χ2v) is 4.84. The zero-order valence-corrected chi connectivity index (χ0v) is 11.9. The van der Waals surface area contributed by atoms with Crippen LogP contribution in [0.4, 0.5) is 0 Å². The van der Waals surface area contributed by atoms with Crippen molar-refractivity contribution in [2.75, 3.05) is 20.8 Å². The Morgan fingerprint density at radius 1 is 1.26 bits per heavy atom. The zero-order valence-electron chi connectivity index (χ0n) is 11.9. The third-order valence-electron chi connectivity index (χ3n) is 2.99. The van der Waals surface area contributed by atoms with E-state index < -0.39 is 0 Å². The molecule has 0 saturated carbocycles. The largest absolute Gasteiger partial charge is 0.493 e. The summed E-state index contributed by atoms with van der Waals surface area (Å²) in [4.78, 5) is 0. The Bertz CT molecular complexity index is 444. The van der Waals surface area contributed by atoms with Crippen molar-refractivity contribution >= 4 is 5.84 Å². The van der Waals surface area contributed by atoms with E-state index in [4.69, 9.17) is 25.4 Å². The van der Waals surface area contributed by atoms with Gasteiger partial charge in [-0.05, 0) is 32.0 Å². The van der Waals surface area contributed by atoms with Crippen molar-refractivity contribution in [1.82, 2.24) is 0 Å². The minimum absolute atomic E-state index is 0.00497. The van der Waals surface area contributed by atoms with Crippen LogP contribution in [0.1, 0.15) is 25.8 Å². The maximum Gasteiger partial charge on any atom is 0.161 e. The quantitative estimate of drug-likeness (QED) is 0.585. The van der Waals surface area contributed by atoms with Crippen LogP contribution >= 0.6 is 0 Å². The Hall–Kier alpha value is -1.75. The molecule has 1 rings (SSSR count). The molecule has 0 atom stereocenters. The van der Waals surface area contributed by atoms with E-state index in [0.29, 0.717) is 23.7 Å². The Kier molecular flexibility index (Phi) is 5.18. The van der Waals surface area contributed by atoms with Gasteiger partial charge in [0.15, 0.2) is 11.5 Å². The van der Waals surface area contributed by atoms with Gasteiger partial charge in [-0.25, -0.2) is 0 Å². The number of ether oxygens (including phenoxy) is 3. The van der Waals surface area contributed by atoms with E-state index in [1.807, 2.05) is 13.8 Å². The van der Waals surface area contributed by atoms with Gasteiger partial charge in [-0.2, -0.15) is 0 Å². The van der Waals surface area contributed by atoms with Crippen molar-refractivity contribution in [2.45, 2.75) is 25.9 Å². The lowest BCUT2D eigenvalue weighted by Crippen LogP contribution is -2.25. The number of hydrogen-bond donors (Lipinski definition) is 2. The van der Waals surface area contributed by atoms with Gasteiger partial charge in [-0.3, -0.25) is 5.41 Å². The van der Waals surface area contributed by atoms with Gasteiger partial charge in [0.25, 0.3) is 0 Å². The van der Waals surface area contributed by atoms with Gasteiger partial charge < -0.3 is 19.9 Å². The molecule has 3 N–H and O–H groups in total. The SMILES string of the molecule is COc1cc(C(=N)N)ccc1OCCC(C)(C)OC. The molecule has 0 aromatic heterocycles. The highest BCUT2D eigenvalue weighted by Crippen LogP contribution is 2.28. The lowest BCUT2D eigenvalue weighted by Gasteiger charge is -2.23. The van der Waals surface area contributed by atoms with Gasteiger partial charge in [0.1, 0.15) is 5.84 Å². The van der Waals surface area contributed by atoms with Crippen LogP contribution in [0, 0.1) is 5.41 Å². The van der Waals surface area contributed by atoms with Crippen LogP contribution in [-0.2, 0) is 4.74 Å². The Labute approximate surface area is 114 Å². The van der Waals surface area contributed by atoms with Crippen LogP contribution in [0.15, 0.2) is 18.2 Å². The van der Waals surface area contributed by atoms with Crippen LogP contribution < -0.4 is 15.2 Å². The molecule has 0 bridgehead atoms. The molecule has 106 valence electrons. The van der Waals surface area contributed by atoms with Crippen molar-refractivity contribution in [1.29, 1.82) is 5.41 Å². The fraction of sp³-hybridized carbons (Fsp3) is 0.500. The summed E-state index contributed by atoms with van der Waals surface area (Å²) in [5.74, 6) is 1.22. The predicted molar refractivity (Wildman–Crippen MR) is 75.2 cm³/mol. The Morgan fingerprint density at radius 3 is 2.47 bits per heavy atom. The minimum Gasteiger partial charge on any atom is -0.493 e. The summed E-state index contributed by atoms with van der Waals surface area (Å²) in [5.41, 5.74) is 5.83. The first kappa shape index (κ1) is 15.3. The number of nitrogen functional groups attached to an aromatic ring is 1. The first-order valence-electron chi connectivity index (χ1n) is 6.10. The first-order chi connectivity index (χ1) is 8.89. The van der Waals surface area contributed by atoms with Crippen molar-refractivity contribution in [2.24, 2.45) is 5.73 Å². The number of nitrogens with one attached hydrogen (secondary N) is 1.